The topological polar surface area (TPSA) is 37.8 Å². The zero-order valence-corrected chi connectivity index (χ0v) is 10.3. The van der Waals surface area contributed by atoms with E-state index in [4.69, 9.17) is 0 Å². The van der Waals surface area contributed by atoms with Gasteiger partial charge in [0.1, 0.15) is 0 Å². The number of hydrogen-bond donors (Lipinski definition) is 1. The molecule has 1 aliphatic rings. The van der Waals surface area contributed by atoms with Crippen LogP contribution < -0.4 is 5.32 Å². The molecule has 0 bridgehead atoms. The van der Waals surface area contributed by atoms with Crippen LogP contribution in [-0.2, 0) is 13.0 Å². The number of aryl methyl sites for hydroxylation is 1. The van der Waals surface area contributed by atoms with Gasteiger partial charge in [-0.15, -0.1) is 0 Å². The van der Waals surface area contributed by atoms with Crippen LogP contribution in [0.5, 0.6) is 0 Å². The van der Waals surface area contributed by atoms with Crippen molar-refractivity contribution in [2.75, 3.05) is 0 Å². The third kappa shape index (κ3) is 2.41. The molecule has 0 radical (unpaired) electrons. The van der Waals surface area contributed by atoms with E-state index in [0.717, 1.165) is 12.2 Å². The van der Waals surface area contributed by atoms with Gasteiger partial charge in [0, 0.05) is 18.8 Å². The molecule has 0 fully saturated rings. The van der Waals surface area contributed by atoms with Gasteiger partial charge >= 0.3 is 0 Å². The zero-order chi connectivity index (χ0) is 12.2. The Morgan fingerprint density at radius 1 is 1.17 bits per heavy atom. The SMILES string of the molecule is c1cnnc(CNC2CCCc3ccccc32)c1. The molecular formula is C15H17N3. The maximum atomic E-state index is 4.11. The van der Waals surface area contributed by atoms with Crippen LogP contribution in [-0.4, -0.2) is 10.2 Å². The van der Waals surface area contributed by atoms with Crippen molar-refractivity contribution >= 4 is 0 Å². The standard InChI is InChI=1S/C15H17N3/c1-2-8-14-12(5-1)6-3-9-15(14)16-11-13-7-4-10-17-18-13/h1-2,4-5,7-8,10,15-16H,3,6,9,11H2. The second-order valence-corrected chi connectivity index (χ2v) is 4.74. The van der Waals surface area contributed by atoms with Gasteiger partial charge in [-0.25, -0.2) is 0 Å². The first-order valence-electron chi connectivity index (χ1n) is 6.51. The van der Waals surface area contributed by atoms with Crippen molar-refractivity contribution in [1.29, 1.82) is 0 Å². The Labute approximate surface area is 107 Å². The molecular weight excluding hydrogens is 222 g/mol. The lowest BCUT2D eigenvalue weighted by Crippen LogP contribution is -2.25. The molecule has 2 aromatic rings. The summed E-state index contributed by atoms with van der Waals surface area (Å²) in [7, 11) is 0. The first-order chi connectivity index (χ1) is 8.93. The Kier molecular flexibility index (Phi) is 3.33. The van der Waals surface area contributed by atoms with Gasteiger partial charge in [-0.1, -0.05) is 24.3 Å². The predicted molar refractivity (Wildman–Crippen MR) is 71.0 cm³/mol. The maximum Gasteiger partial charge on any atom is 0.0769 e. The average Bonchev–Trinajstić information content (AvgIpc) is 2.46. The zero-order valence-electron chi connectivity index (χ0n) is 10.3. The molecule has 1 N–H and O–H groups in total. The van der Waals surface area contributed by atoms with Crippen molar-refractivity contribution < 1.29 is 0 Å². The predicted octanol–water partition coefficient (Wildman–Crippen LogP) is 2.64. The first-order valence-corrected chi connectivity index (χ1v) is 6.51. The summed E-state index contributed by atoms with van der Waals surface area (Å²) in [6.07, 6.45) is 5.38. The molecule has 1 unspecified atom stereocenters. The van der Waals surface area contributed by atoms with Gasteiger partial charge in [0.2, 0.25) is 0 Å². The summed E-state index contributed by atoms with van der Waals surface area (Å²) in [4.78, 5) is 0. The number of benzene rings is 1. The van der Waals surface area contributed by atoms with Crippen LogP contribution in [0.4, 0.5) is 0 Å². The highest BCUT2D eigenvalue weighted by Crippen LogP contribution is 2.29. The summed E-state index contributed by atoms with van der Waals surface area (Å²) in [5, 5.41) is 11.6. The lowest BCUT2D eigenvalue weighted by molar-refractivity contribution is 0.455. The summed E-state index contributed by atoms with van der Waals surface area (Å²) in [6, 6.07) is 13.1. The maximum absolute atomic E-state index is 4.11. The summed E-state index contributed by atoms with van der Waals surface area (Å²) >= 11 is 0. The fourth-order valence-corrected chi connectivity index (χ4v) is 2.62. The van der Waals surface area contributed by atoms with Crippen molar-refractivity contribution in [3.8, 4) is 0 Å². The van der Waals surface area contributed by atoms with Gasteiger partial charge in [-0.05, 0) is 42.5 Å². The quantitative estimate of drug-likeness (QED) is 0.894. The Bertz CT molecular complexity index is 510. The average molecular weight is 239 g/mol. The monoisotopic (exact) mass is 239 g/mol. The Hall–Kier alpha value is -1.74. The molecule has 1 aromatic carbocycles. The van der Waals surface area contributed by atoms with Crippen molar-refractivity contribution in [2.24, 2.45) is 0 Å². The van der Waals surface area contributed by atoms with Crippen LogP contribution in [0.25, 0.3) is 0 Å². The van der Waals surface area contributed by atoms with Crippen LogP contribution in [0.1, 0.15) is 35.7 Å². The van der Waals surface area contributed by atoms with Gasteiger partial charge in [0.05, 0.1) is 5.69 Å². The van der Waals surface area contributed by atoms with E-state index in [-0.39, 0.29) is 0 Å². The second kappa shape index (κ2) is 5.27. The van der Waals surface area contributed by atoms with Gasteiger partial charge in [0.15, 0.2) is 0 Å². The molecule has 3 rings (SSSR count). The molecule has 3 heteroatoms. The second-order valence-electron chi connectivity index (χ2n) is 4.74. The Morgan fingerprint density at radius 2 is 2.11 bits per heavy atom. The minimum atomic E-state index is 0.456. The Balaban J connectivity index is 1.71. The summed E-state index contributed by atoms with van der Waals surface area (Å²) in [5.74, 6) is 0. The molecule has 18 heavy (non-hydrogen) atoms. The number of nitrogens with zero attached hydrogens (tertiary/aromatic N) is 2. The molecule has 92 valence electrons. The highest BCUT2D eigenvalue weighted by Gasteiger charge is 2.18. The number of hydrogen-bond acceptors (Lipinski definition) is 3. The lowest BCUT2D eigenvalue weighted by Gasteiger charge is -2.26. The van der Waals surface area contributed by atoms with E-state index in [1.165, 1.54) is 30.4 Å². The first kappa shape index (κ1) is 11.4. The number of nitrogens with one attached hydrogen (secondary N) is 1. The van der Waals surface area contributed by atoms with E-state index in [9.17, 15) is 0 Å². The van der Waals surface area contributed by atoms with Gasteiger partial charge in [-0.3, -0.25) is 0 Å². The largest absolute Gasteiger partial charge is 0.304 e. The normalized spacial score (nSPS) is 18.3. The van der Waals surface area contributed by atoms with Crippen LogP contribution in [0.2, 0.25) is 0 Å². The summed E-state index contributed by atoms with van der Waals surface area (Å²) in [5.41, 5.74) is 3.94. The third-order valence-corrected chi connectivity index (χ3v) is 3.53. The molecule has 1 atom stereocenters. The number of fused-ring (bicyclic) bond motifs is 1. The molecule has 0 saturated heterocycles. The highest BCUT2D eigenvalue weighted by molar-refractivity contribution is 5.32. The van der Waals surface area contributed by atoms with Crippen LogP contribution in [0, 0.1) is 0 Å². The minimum absolute atomic E-state index is 0.456. The van der Waals surface area contributed by atoms with Crippen molar-refractivity contribution in [3.63, 3.8) is 0 Å². The molecule has 1 aromatic heterocycles. The Morgan fingerprint density at radius 3 is 3.00 bits per heavy atom. The van der Waals surface area contributed by atoms with E-state index in [2.05, 4.69) is 39.8 Å². The van der Waals surface area contributed by atoms with Gasteiger partial charge in [-0.2, -0.15) is 10.2 Å². The summed E-state index contributed by atoms with van der Waals surface area (Å²) < 4.78 is 0. The molecule has 1 aliphatic carbocycles. The summed E-state index contributed by atoms with van der Waals surface area (Å²) in [6.45, 7) is 0.785. The van der Waals surface area contributed by atoms with E-state index in [1.54, 1.807) is 6.20 Å². The van der Waals surface area contributed by atoms with Crippen molar-refractivity contribution in [2.45, 2.75) is 31.8 Å². The minimum Gasteiger partial charge on any atom is -0.304 e. The number of rotatable bonds is 3. The van der Waals surface area contributed by atoms with E-state index >= 15 is 0 Å². The van der Waals surface area contributed by atoms with Crippen molar-refractivity contribution in [1.82, 2.24) is 15.5 Å². The number of aromatic nitrogens is 2. The molecule has 0 amide bonds. The molecule has 3 nitrogen and oxygen atoms in total. The lowest BCUT2D eigenvalue weighted by atomic mass is 9.88. The molecule has 0 spiro atoms. The van der Waals surface area contributed by atoms with E-state index in [1.807, 2.05) is 12.1 Å². The van der Waals surface area contributed by atoms with Crippen LogP contribution >= 0.6 is 0 Å². The van der Waals surface area contributed by atoms with Gasteiger partial charge in [0.25, 0.3) is 0 Å². The van der Waals surface area contributed by atoms with Crippen molar-refractivity contribution in [3.05, 3.63) is 59.4 Å². The van der Waals surface area contributed by atoms with Gasteiger partial charge < -0.3 is 5.32 Å². The van der Waals surface area contributed by atoms with E-state index < -0.39 is 0 Å². The van der Waals surface area contributed by atoms with Crippen LogP contribution in [0.15, 0.2) is 42.6 Å². The fraction of sp³-hybridized carbons (Fsp3) is 0.333. The smallest absolute Gasteiger partial charge is 0.0769 e. The molecule has 0 saturated carbocycles. The molecule has 1 heterocycles. The highest BCUT2D eigenvalue weighted by atomic mass is 15.1. The third-order valence-electron chi connectivity index (χ3n) is 3.53. The van der Waals surface area contributed by atoms with E-state index in [0.29, 0.717) is 6.04 Å². The fourth-order valence-electron chi connectivity index (χ4n) is 2.62. The van der Waals surface area contributed by atoms with Crippen LogP contribution in [0.3, 0.4) is 0 Å². The molecule has 0 aliphatic heterocycles.